The van der Waals surface area contributed by atoms with E-state index in [1.54, 1.807) is 20.0 Å². The molecule has 0 amide bonds. The molecule has 5 nitrogen and oxygen atoms in total. The van der Waals surface area contributed by atoms with Crippen LogP contribution < -0.4 is 11.5 Å². The number of amidine groups is 1. The number of nitrogens with two attached hydrogens (primary N) is 2. The minimum atomic E-state index is 0.264. The van der Waals surface area contributed by atoms with E-state index in [1.807, 2.05) is 4.90 Å². The Kier molecular flexibility index (Phi) is 6.02. The topological polar surface area (TPSA) is 91.5 Å². The fourth-order valence-corrected chi connectivity index (χ4v) is 1.25. The molecule has 5 heteroatoms. The quantitative estimate of drug-likeness (QED) is 0.484. The maximum Gasteiger partial charge on any atom is 0.159 e. The molecule has 0 heterocycles. The minimum Gasteiger partial charge on any atom is -0.394 e. The Morgan fingerprint density at radius 2 is 1.94 bits per heavy atom. The molecular formula is C12H23N5. The van der Waals surface area contributed by atoms with Crippen molar-refractivity contribution >= 4 is 11.5 Å². The van der Waals surface area contributed by atoms with Crippen LogP contribution >= 0.6 is 0 Å². The molecule has 0 aromatic rings. The average Bonchev–Trinajstić information content (AvgIpc) is 2.21. The highest BCUT2D eigenvalue weighted by Gasteiger charge is 2.13. The Balaban J connectivity index is 5.45. The van der Waals surface area contributed by atoms with Crippen LogP contribution in [0.15, 0.2) is 29.3 Å². The molecule has 0 saturated heterocycles. The molecule has 0 radical (unpaired) electrons. The lowest BCUT2D eigenvalue weighted by Gasteiger charge is -2.24. The largest absolute Gasteiger partial charge is 0.394 e. The minimum absolute atomic E-state index is 0.264. The van der Waals surface area contributed by atoms with Crippen LogP contribution in [0.2, 0.25) is 0 Å². The van der Waals surface area contributed by atoms with Crippen LogP contribution in [-0.2, 0) is 0 Å². The molecule has 0 aromatic heterocycles. The summed E-state index contributed by atoms with van der Waals surface area (Å²) in [6.45, 7) is 11.9. The lowest BCUT2D eigenvalue weighted by Crippen LogP contribution is -2.27. The van der Waals surface area contributed by atoms with Crippen molar-refractivity contribution in [3.8, 4) is 0 Å². The molecule has 17 heavy (non-hydrogen) atoms. The summed E-state index contributed by atoms with van der Waals surface area (Å²) in [6, 6.07) is 0. The van der Waals surface area contributed by atoms with E-state index < -0.39 is 0 Å². The maximum absolute atomic E-state index is 7.57. The fourth-order valence-electron chi connectivity index (χ4n) is 1.25. The molecule has 0 rings (SSSR count). The summed E-state index contributed by atoms with van der Waals surface area (Å²) in [7, 11) is 0. The Labute approximate surface area is 103 Å². The van der Waals surface area contributed by atoms with Gasteiger partial charge in [0.05, 0.1) is 17.2 Å². The van der Waals surface area contributed by atoms with E-state index in [-0.39, 0.29) is 5.71 Å². The zero-order valence-corrected chi connectivity index (χ0v) is 11.1. The SMILES string of the molecule is C=CN(CC(C)C)C(/N=C(\C)N)=C(\N)C(C)=N. The average molecular weight is 237 g/mol. The highest BCUT2D eigenvalue weighted by Crippen LogP contribution is 2.13. The number of nitrogens with one attached hydrogen (secondary N) is 1. The van der Waals surface area contributed by atoms with Gasteiger partial charge in [-0.2, -0.15) is 0 Å². The van der Waals surface area contributed by atoms with Crippen molar-refractivity contribution in [1.82, 2.24) is 4.90 Å². The van der Waals surface area contributed by atoms with Gasteiger partial charge in [-0.3, -0.25) is 0 Å². The van der Waals surface area contributed by atoms with Crippen LogP contribution in [-0.4, -0.2) is 23.0 Å². The van der Waals surface area contributed by atoms with Crippen molar-refractivity contribution in [3.63, 3.8) is 0 Å². The molecule has 0 fully saturated rings. The second kappa shape index (κ2) is 6.73. The molecule has 0 aliphatic carbocycles. The monoisotopic (exact) mass is 237 g/mol. The number of hydrogen-bond acceptors (Lipinski definition) is 4. The van der Waals surface area contributed by atoms with Crippen LogP contribution in [0.1, 0.15) is 27.7 Å². The molecule has 0 aliphatic rings. The predicted octanol–water partition coefficient (Wildman–Crippen LogP) is 1.63. The highest BCUT2D eigenvalue weighted by molar-refractivity contribution is 5.95. The van der Waals surface area contributed by atoms with Crippen LogP contribution in [0.25, 0.3) is 0 Å². The van der Waals surface area contributed by atoms with Gasteiger partial charge in [0.25, 0.3) is 0 Å². The summed E-state index contributed by atoms with van der Waals surface area (Å²) in [4.78, 5) is 6.00. The van der Waals surface area contributed by atoms with Crippen molar-refractivity contribution in [2.75, 3.05) is 6.54 Å². The van der Waals surface area contributed by atoms with Gasteiger partial charge in [0.1, 0.15) is 0 Å². The van der Waals surface area contributed by atoms with Gasteiger partial charge in [-0.05, 0) is 26.0 Å². The molecule has 5 N–H and O–H groups in total. The molecule has 0 spiro atoms. The highest BCUT2D eigenvalue weighted by atomic mass is 15.2. The van der Waals surface area contributed by atoms with E-state index in [9.17, 15) is 0 Å². The first-order valence-electron chi connectivity index (χ1n) is 5.54. The van der Waals surface area contributed by atoms with Crippen LogP contribution in [0.3, 0.4) is 0 Å². The Hall–Kier alpha value is -1.78. The Morgan fingerprint density at radius 1 is 1.41 bits per heavy atom. The lowest BCUT2D eigenvalue weighted by molar-refractivity contribution is 0.392. The molecule has 96 valence electrons. The van der Waals surface area contributed by atoms with Gasteiger partial charge >= 0.3 is 0 Å². The Morgan fingerprint density at radius 3 is 2.24 bits per heavy atom. The number of rotatable bonds is 6. The standard InChI is InChI=1S/C12H23N5/c1-6-17(7-8(2)3)12(16-10(5)14)11(15)9(4)13/h6,8,13H,1,7,15H2,2-5H3,(H2,14,16)/b12-11-,13-9?. The van der Waals surface area contributed by atoms with Crippen LogP contribution in [0, 0.1) is 11.3 Å². The first kappa shape index (κ1) is 15.2. The first-order valence-corrected chi connectivity index (χ1v) is 5.54. The van der Waals surface area contributed by atoms with Crippen molar-refractivity contribution in [3.05, 3.63) is 24.3 Å². The zero-order valence-electron chi connectivity index (χ0n) is 11.1. The summed E-state index contributed by atoms with van der Waals surface area (Å²) in [6.07, 6.45) is 1.65. The van der Waals surface area contributed by atoms with E-state index in [0.29, 0.717) is 23.3 Å². The predicted molar refractivity (Wildman–Crippen MR) is 73.7 cm³/mol. The second-order valence-electron chi connectivity index (χ2n) is 4.34. The van der Waals surface area contributed by atoms with E-state index in [0.717, 1.165) is 6.54 Å². The van der Waals surface area contributed by atoms with Crippen LogP contribution in [0.5, 0.6) is 0 Å². The lowest BCUT2D eigenvalue weighted by atomic mass is 10.2. The summed E-state index contributed by atoms with van der Waals surface area (Å²) < 4.78 is 0. The molecule has 0 aromatic carbocycles. The summed E-state index contributed by atoms with van der Waals surface area (Å²) in [5, 5.41) is 7.57. The molecular weight excluding hydrogens is 214 g/mol. The van der Waals surface area contributed by atoms with E-state index >= 15 is 0 Å². The van der Waals surface area contributed by atoms with Gasteiger partial charge in [0, 0.05) is 6.54 Å². The molecule has 0 unspecified atom stereocenters. The van der Waals surface area contributed by atoms with Crippen molar-refractivity contribution in [2.24, 2.45) is 22.4 Å². The van der Waals surface area contributed by atoms with Gasteiger partial charge in [-0.1, -0.05) is 20.4 Å². The zero-order chi connectivity index (χ0) is 13.6. The summed E-state index contributed by atoms with van der Waals surface area (Å²) in [5.41, 5.74) is 12.0. The number of nitrogens with zero attached hydrogens (tertiary/aromatic N) is 2. The van der Waals surface area contributed by atoms with E-state index in [4.69, 9.17) is 16.9 Å². The number of allylic oxidation sites excluding steroid dienone is 1. The van der Waals surface area contributed by atoms with Gasteiger partial charge < -0.3 is 21.8 Å². The van der Waals surface area contributed by atoms with Crippen LogP contribution in [0.4, 0.5) is 0 Å². The first-order chi connectivity index (χ1) is 7.79. The number of hydrogen-bond donors (Lipinski definition) is 3. The molecule has 0 aliphatic heterocycles. The maximum atomic E-state index is 7.57. The van der Waals surface area contributed by atoms with Gasteiger partial charge in [-0.15, -0.1) is 0 Å². The Bertz CT molecular complexity index is 348. The third kappa shape index (κ3) is 5.19. The third-order valence-corrected chi connectivity index (χ3v) is 1.98. The summed E-state index contributed by atoms with van der Waals surface area (Å²) >= 11 is 0. The third-order valence-electron chi connectivity index (χ3n) is 1.98. The smallest absolute Gasteiger partial charge is 0.159 e. The van der Waals surface area contributed by atoms with E-state index in [2.05, 4.69) is 25.4 Å². The van der Waals surface area contributed by atoms with Gasteiger partial charge in [-0.25, -0.2) is 4.99 Å². The number of aliphatic imine (C=N–C) groups is 1. The van der Waals surface area contributed by atoms with Crippen molar-refractivity contribution in [2.45, 2.75) is 27.7 Å². The van der Waals surface area contributed by atoms with Gasteiger partial charge in [0.2, 0.25) is 0 Å². The fraction of sp³-hybridized carbons (Fsp3) is 0.500. The molecule has 0 bridgehead atoms. The molecule has 0 atom stereocenters. The van der Waals surface area contributed by atoms with Crippen molar-refractivity contribution < 1.29 is 0 Å². The molecule has 0 saturated carbocycles. The van der Waals surface area contributed by atoms with Gasteiger partial charge in [0.15, 0.2) is 5.82 Å². The normalized spacial score (nSPS) is 13.4. The van der Waals surface area contributed by atoms with E-state index in [1.165, 1.54) is 0 Å². The van der Waals surface area contributed by atoms with Crippen molar-refractivity contribution in [1.29, 1.82) is 5.41 Å². The second-order valence-corrected chi connectivity index (χ2v) is 4.34. The summed E-state index contributed by atoms with van der Waals surface area (Å²) in [5.74, 6) is 1.32.